The molecule has 1 atom stereocenters. The fourth-order valence-corrected chi connectivity index (χ4v) is 2.68. The molecule has 17 heavy (non-hydrogen) atoms. The molecule has 0 amide bonds. The summed E-state index contributed by atoms with van der Waals surface area (Å²) in [5.74, 6) is 0. The minimum atomic E-state index is 0.157. The zero-order valence-corrected chi connectivity index (χ0v) is 12.3. The Bertz CT molecular complexity index is 335. The van der Waals surface area contributed by atoms with Crippen molar-refractivity contribution in [2.75, 3.05) is 6.61 Å². The smallest absolute Gasteiger partial charge is 0.107 e. The largest absolute Gasteiger partial charge is 0.396 e. The van der Waals surface area contributed by atoms with Crippen molar-refractivity contribution in [3.05, 3.63) is 15.6 Å². The van der Waals surface area contributed by atoms with Gasteiger partial charge >= 0.3 is 0 Å². The molecule has 1 rings (SSSR count). The van der Waals surface area contributed by atoms with Crippen LogP contribution in [0.15, 0.2) is 0 Å². The summed E-state index contributed by atoms with van der Waals surface area (Å²) in [4.78, 5) is 5.81. The van der Waals surface area contributed by atoms with Gasteiger partial charge in [-0.25, -0.2) is 4.98 Å². The highest BCUT2D eigenvalue weighted by Crippen LogP contribution is 2.23. The second-order valence-corrected chi connectivity index (χ2v) is 6.85. The zero-order valence-electron chi connectivity index (χ0n) is 11.5. The average Bonchev–Trinajstić information content (AvgIpc) is 2.51. The lowest BCUT2D eigenvalue weighted by Crippen LogP contribution is -2.40. The Hall–Kier alpha value is -0.450. The van der Waals surface area contributed by atoms with Gasteiger partial charge in [-0.2, -0.15) is 0 Å². The van der Waals surface area contributed by atoms with Gasteiger partial charge < -0.3 is 10.4 Å². The van der Waals surface area contributed by atoms with Gasteiger partial charge in [0.25, 0.3) is 0 Å². The highest BCUT2D eigenvalue weighted by Gasteiger charge is 2.23. The summed E-state index contributed by atoms with van der Waals surface area (Å²) < 4.78 is 0. The Morgan fingerprint density at radius 2 is 2.00 bits per heavy atom. The first-order chi connectivity index (χ1) is 7.84. The Morgan fingerprint density at radius 3 is 2.41 bits per heavy atom. The maximum atomic E-state index is 9.09. The van der Waals surface area contributed by atoms with E-state index in [1.54, 1.807) is 11.3 Å². The highest BCUT2D eigenvalue weighted by molar-refractivity contribution is 7.11. The molecule has 2 N–H and O–H groups in total. The van der Waals surface area contributed by atoms with Gasteiger partial charge in [0.2, 0.25) is 0 Å². The zero-order chi connectivity index (χ0) is 13.1. The summed E-state index contributed by atoms with van der Waals surface area (Å²) in [5, 5.41) is 13.7. The first-order valence-electron chi connectivity index (χ1n) is 6.11. The molecule has 4 heteroatoms. The molecule has 3 nitrogen and oxygen atoms in total. The van der Waals surface area contributed by atoms with E-state index >= 15 is 0 Å². The van der Waals surface area contributed by atoms with Gasteiger partial charge in [0.15, 0.2) is 0 Å². The van der Waals surface area contributed by atoms with Crippen LogP contribution in [0, 0.1) is 19.3 Å². The van der Waals surface area contributed by atoms with Crippen LogP contribution in [0.1, 0.15) is 42.8 Å². The number of aryl methyl sites for hydroxylation is 2. The number of nitrogens with zero attached hydrogens (tertiary/aromatic N) is 1. The quantitative estimate of drug-likeness (QED) is 0.851. The van der Waals surface area contributed by atoms with Crippen LogP contribution in [0.2, 0.25) is 0 Å². The lowest BCUT2D eigenvalue weighted by molar-refractivity contribution is 0.196. The number of thiazole rings is 1. The van der Waals surface area contributed by atoms with Crippen LogP contribution in [0.25, 0.3) is 0 Å². The number of hydrogen-bond donors (Lipinski definition) is 2. The van der Waals surface area contributed by atoms with E-state index in [4.69, 9.17) is 5.11 Å². The molecule has 0 saturated heterocycles. The number of aliphatic hydroxyl groups is 1. The fraction of sp³-hybridized carbons (Fsp3) is 0.769. The van der Waals surface area contributed by atoms with Crippen LogP contribution in [0.3, 0.4) is 0 Å². The molecular weight excluding hydrogens is 232 g/mol. The number of hydrogen-bond acceptors (Lipinski definition) is 4. The normalized spacial score (nSPS) is 14.0. The molecule has 1 aromatic heterocycles. The van der Waals surface area contributed by atoms with E-state index in [-0.39, 0.29) is 12.0 Å². The molecule has 0 unspecified atom stereocenters. The minimum absolute atomic E-state index is 0.157. The van der Waals surface area contributed by atoms with Crippen molar-refractivity contribution in [3.8, 4) is 0 Å². The number of aliphatic hydroxyl groups excluding tert-OH is 1. The van der Waals surface area contributed by atoms with E-state index in [1.165, 1.54) is 4.88 Å². The third kappa shape index (κ3) is 4.37. The van der Waals surface area contributed by atoms with Gasteiger partial charge in [-0.05, 0) is 25.7 Å². The highest BCUT2D eigenvalue weighted by atomic mass is 32.1. The molecule has 0 saturated carbocycles. The van der Waals surface area contributed by atoms with Gasteiger partial charge in [0.1, 0.15) is 5.01 Å². The molecular formula is C13H24N2OS. The van der Waals surface area contributed by atoms with E-state index in [9.17, 15) is 0 Å². The summed E-state index contributed by atoms with van der Waals surface area (Å²) >= 11 is 1.75. The van der Waals surface area contributed by atoms with Crippen molar-refractivity contribution in [2.45, 2.75) is 53.6 Å². The van der Waals surface area contributed by atoms with Gasteiger partial charge in [0, 0.05) is 24.1 Å². The van der Waals surface area contributed by atoms with Crippen LogP contribution in [-0.2, 0) is 6.54 Å². The van der Waals surface area contributed by atoms with Gasteiger partial charge in [-0.3, -0.25) is 0 Å². The lowest BCUT2D eigenvalue weighted by atomic mass is 9.85. The summed E-state index contributed by atoms with van der Waals surface area (Å²) in [6, 6.07) is 0.317. The van der Waals surface area contributed by atoms with Crippen molar-refractivity contribution in [1.82, 2.24) is 10.3 Å². The molecule has 0 bridgehead atoms. The summed E-state index contributed by atoms with van der Waals surface area (Å²) in [7, 11) is 0. The summed E-state index contributed by atoms with van der Waals surface area (Å²) in [6.07, 6.45) is 0.785. The van der Waals surface area contributed by atoms with Crippen LogP contribution >= 0.6 is 11.3 Å². The average molecular weight is 256 g/mol. The number of nitrogens with one attached hydrogen (secondary N) is 1. The Morgan fingerprint density at radius 1 is 1.35 bits per heavy atom. The van der Waals surface area contributed by atoms with E-state index in [0.717, 1.165) is 23.7 Å². The Balaban J connectivity index is 2.57. The predicted octanol–water partition coefficient (Wildman–Crippen LogP) is 2.65. The second kappa shape index (κ2) is 5.94. The van der Waals surface area contributed by atoms with Gasteiger partial charge in [0.05, 0.1) is 5.69 Å². The molecule has 0 spiro atoms. The third-order valence-corrected chi connectivity index (χ3v) is 4.11. The fourth-order valence-electron chi connectivity index (χ4n) is 1.80. The molecule has 0 aliphatic rings. The number of aromatic nitrogens is 1. The SMILES string of the molecule is Cc1nc(CN[C@H](CCO)C(C)(C)C)sc1C. The first-order valence-corrected chi connectivity index (χ1v) is 6.93. The molecule has 98 valence electrons. The molecule has 0 aliphatic carbocycles. The summed E-state index contributed by atoms with van der Waals surface area (Å²) in [5.41, 5.74) is 1.28. The van der Waals surface area contributed by atoms with E-state index in [2.05, 4.69) is 38.0 Å². The van der Waals surface area contributed by atoms with Crippen molar-refractivity contribution in [3.63, 3.8) is 0 Å². The van der Waals surface area contributed by atoms with Crippen LogP contribution in [-0.4, -0.2) is 22.7 Å². The van der Waals surface area contributed by atoms with E-state index in [0.29, 0.717) is 6.04 Å². The third-order valence-electron chi connectivity index (χ3n) is 3.04. The van der Waals surface area contributed by atoms with Crippen LogP contribution in [0.5, 0.6) is 0 Å². The number of rotatable bonds is 5. The molecule has 0 radical (unpaired) electrons. The molecule has 0 fully saturated rings. The monoisotopic (exact) mass is 256 g/mol. The molecule has 1 heterocycles. The van der Waals surface area contributed by atoms with Crippen LogP contribution < -0.4 is 5.32 Å². The van der Waals surface area contributed by atoms with Crippen LogP contribution in [0.4, 0.5) is 0 Å². The topological polar surface area (TPSA) is 45.2 Å². The van der Waals surface area contributed by atoms with E-state index in [1.807, 2.05) is 6.92 Å². The molecule has 0 aromatic carbocycles. The molecule has 1 aromatic rings. The summed E-state index contributed by atoms with van der Waals surface area (Å²) in [6.45, 7) is 11.7. The van der Waals surface area contributed by atoms with Crippen molar-refractivity contribution in [2.24, 2.45) is 5.41 Å². The minimum Gasteiger partial charge on any atom is -0.396 e. The van der Waals surface area contributed by atoms with Gasteiger partial charge in [-0.1, -0.05) is 20.8 Å². The Labute approximate surface area is 108 Å². The predicted molar refractivity (Wildman–Crippen MR) is 73.4 cm³/mol. The van der Waals surface area contributed by atoms with E-state index < -0.39 is 0 Å². The maximum Gasteiger partial charge on any atom is 0.107 e. The maximum absolute atomic E-state index is 9.09. The van der Waals surface area contributed by atoms with Gasteiger partial charge in [-0.15, -0.1) is 11.3 Å². The van der Waals surface area contributed by atoms with Crippen molar-refractivity contribution < 1.29 is 5.11 Å². The molecule has 0 aliphatic heterocycles. The standard InChI is InChI=1S/C13H24N2OS/c1-9-10(2)17-12(15-9)8-14-11(6-7-16)13(3,4)5/h11,14,16H,6-8H2,1-5H3/t11-/m1/s1. The van der Waals surface area contributed by atoms with Crippen molar-refractivity contribution in [1.29, 1.82) is 0 Å². The Kier molecular flexibility index (Phi) is 5.10. The van der Waals surface area contributed by atoms with Crippen molar-refractivity contribution >= 4 is 11.3 Å². The lowest BCUT2D eigenvalue weighted by Gasteiger charge is -2.31. The second-order valence-electron chi connectivity index (χ2n) is 5.56. The first kappa shape index (κ1) is 14.6.